The third-order valence-electron chi connectivity index (χ3n) is 0.823. The van der Waals surface area contributed by atoms with Crippen molar-refractivity contribution >= 4 is 29.5 Å². The van der Waals surface area contributed by atoms with Crippen LogP contribution in [0.1, 0.15) is 0 Å². The van der Waals surface area contributed by atoms with Gasteiger partial charge in [0.05, 0.1) is 0 Å². The summed E-state index contributed by atoms with van der Waals surface area (Å²) in [7, 11) is 0. The molecule has 1 rings (SSSR count). The van der Waals surface area contributed by atoms with Crippen molar-refractivity contribution in [2.24, 2.45) is 0 Å². The Kier molecular flexibility index (Phi) is 2.08. The van der Waals surface area contributed by atoms with Crippen molar-refractivity contribution in [3.8, 4) is 0 Å². The summed E-state index contributed by atoms with van der Waals surface area (Å²) in [6.07, 6.45) is 0. The van der Waals surface area contributed by atoms with Crippen LogP contribution in [0.4, 0.5) is 0 Å². The maximum atomic E-state index is 10.2. The number of carbonyl (C=O) groups is 1. The molecule has 0 saturated carbocycles. The van der Waals surface area contributed by atoms with Crippen LogP contribution < -0.4 is 0 Å². The van der Waals surface area contributed by atoms with Gasteiger partial charge in [0.25, 0.3) is 0 Å². The fourth-order valence-corrected chi connectivity index (χ4v) is 2.95. The molecule has 0 aromatic carbocycles. The van der Waals surface area contributed by atoms with Crippen molar-refractivity contribution in [1.29, 1.82) is 0 Å². The molecule has 0 atom stereocenters. The molecule has 8 heavy (non-hydrogen) atoms. The molecule has 1 aliphatic heterocycles. The van der Waals surface area contributed by atoms with E-state index in [-0.39, 0.29) is 4.58 Å². The number of hydrogen-bond donors (Lipinski definition) is 1. The van der Waals surface area contributed by atoms with Gasteiger partial charge in [0.2, 0.25) is 0 Å². The number of aliphatic carboxylic acids is 1. The third kappa shape index (κ3) is 1.32. The molecule has 46 valence electrons. The van der Waals surface area contributed by atoms with Crippen molar-refractivity contribution in [2.75, 3.05) is 11.5 Å². The van der Waals surface area contributed by atoms with Crippen molar-refractivity contribution < 1.29 is 9.90 Å². The van der Waals surface area contributed by atoms with E-state index in [4.69, 9.17) is 5.11 Å². The first-order chi connectivity index (χ1) is 3.80. The molecular weight excluding hydrogens is 144 g/mol. The molecule has 0 aromatic heterocycles. The van der Waals surface area contributed by atoms with Crippen molar-refractivity contribution in [3.05, 3.63) is 0 Å². The van der Waals surface area contributed by atoms with Gasteiger partial charge in [-0.3, -0.25) is 4.79 Å². The van der Waals surface area contributed by atoms with Crippen LogP contribution in [0.25, 0.3) is 0 Å². The molecule has 0 aliphatic carbocycles. The lowest BCUT2D eigenvalue weighted by Crippen LogP contribution is -2.07. The van der Waals surface area contributed by atoms with Crippen LogP contribution >= 0.6 is 23.5 Å². The zero-order valence-corrected chi connectivity index (χ0v) is 5.80. The lowest BCUT2D eigenvalue weighted by molar-refractivity contribution is -0.134. The zero-order valence-electron chi connectivity index (χ0n) is 4.16. The predicted molar refractivity (Wildman–Crippen MR) is 36.3 cm³/mol. The molecular formula is C4H6O2S2. The Bertz CT molecular complexity index is 98.2. The molecule has 1 N–H and O–H groups in total. The highest BCUT2D eigenvalue weighted by Gasteiger charge is 2.22. The van der Waals surface area contributed by atoms with Gasteiger partial charge in [0, 0.05) is 11.5 Å². The lowest BCUT2D eigenvalue weighted by atomic mass is 10.8. The molecule has 0 spiro atoms. The Morgan fingerprint density at radius 1 is 1.50 bits per heavy atom. The second-order valence-electron chi connectivity index (χ2n) is 1.41. The molecule has 2 nitrogen and oxygen atoms in total. The minimum Gasteiger partial charge on any atom is -0.480 e. The van der Waals surface area contributed by atoms with Gasteiger partial charge in [-0.25, -0.2) is 0 Å². The van der Waals surface area contributed by atoms with E-state index < -0.39 is 5.97 Å². The standard InChI is InChI=1S/C4H6O2S2/c5-3(6)4-7-1-2-8-4/h4H,1-2H2,(H,5,6). The van der Waals surface area contributed by atoms with E-state index in [1.807, 2.05) is 0 Å². The molecule has 1 saturated heterocycles. The fraction of sp³-hybridized carbons (Fsp3) is 0.750. The number of carboxylic acid groups (broad SMARTS) is 1. The molecule has 4 heteroatoms. The monoisotopic (exact) mass is 150 g/mol. The fourth-order valence-electron chi connectivity index (χ4n) is 0.501. The van der Waals surface area contributed by atoms with Gasteiger partial charge in [0.15, 0.2) is 0 Å². The van der Waals surface area contributed by atoms with Gasteiger partial charge in [-0.05, 0) is 0 Å². The number of rotatable bonds is 1. The maximum absolute atomic E-state index is 10.2. The van der Waals surface area contributed by atoms with E-state index >= 15 is 0 Å². The summed E-state index contributed by atoms with van der Waals surface area (Å²) in [4.78, 5) is 10.2. The first-order valence-corrected chi connectivity index (χ1v) is 4.36. The van der Waals surface area contributed by atoms with Gasteiger partial charge >= 0.3 is 5.97 Å². The van der Waals surface area contributed by atoms with Crippen LogP contribution in [0, 0.1) is 0 Å². The first-order valence-electron chi connectivity index (χ1n) is 2.27. The van der Waals surface area contributed by atoms with Crippen LogP contribution in [0.15, 0.2) is 0 Å². The predicted octanol–water partition coefficient (Wildman–Crippen LogP) is 0.877. The quantitative estimate of drug-likeness (QED) is 0.602. The highest BCUT2D eigenvalue weighted by molar-refractivity contribution is 8.21. The topological polar surface area (TPSA) is 37.3 Å². The van der Waals surface area contributed by atoms with Crippen molar-refractivity contribution in [3.63, 3.8) is 0 Å². The average molecular weight is 150 g/mol. The van der Waals surface area contributed by atoms with E-state index in [0.29, 0.717) is 0 Å². The summed E-state index contributed by atoms with van der Waals surface area (Å²) < 4.78 is -0.185. The van der Waals surface area contributed by atoms with Gasteiger partial charge in [-0.15, -0.1) is 23.5 Å². The Morgan fingerprint density at radius 2 is 2.00 bits per heavy atom. The molecule has 0 amide bonds. The summed E-state index contributed by atoms with van der Waals surface area (Å²) in [6.45, 7) is 0. The molecule has 0 radical (unpaired) electrons. The largest absolute Gasteiger partial charge is 0.480 e. The normalized spacial score (nSPS) is 21.5. The summed E-state index contributed by atoms with van der Waals surface area (Å²) in [5.41, 5.74) is 0. The Balaban J connectivity index is 2.35. The minimum absolute atomic E-state index is 0.185. The number of hydrogen-bond acceptors (Lipinski definition) is 3. The van der Waals surface area contributed by atoms with Gasteiger partial charge in [0.1, 0.15) is 4.58 Å². The molecule has 1 heterocycles. The van der Waals surface area contributed by atoms with E-state index in [2.05, 4.69) is 0 Å². The molecule has 0 unspecified atom stereocenters. The zero-order chi connectivity index (χ0) is 5.98. The second-order valence-corrected chi connectivity index (χ2v) is 4.14. The van der Waals surface area contributed by atoms with Gasteiger partial charge in [-0.1, -0.05) is 0 Å². The first kappa shape index (κ1) is 6.29. The summed E-state index contributed by atoms with van der Waals surface area (Å²) in [6, 6.07) is 0. The highest BCUT2D eigenvalue weighted by Crippen LogP contribution is 2.31. The highest BCUT2D eigenvalue weighted by atomic mass is 32.2. The van der Waals surface area contributed by atoms with Gasteiger partial charge < -0.3 is 5.11 Å². The van der Waals surface area contributed by atoms with Crippen LogP contribution in [0.2, 0.25) is 0 Å². The second kappa shape index (κ2) is 2.64. The summed E-state index contributed by atoms with van der Waals surface area (Å²) in [5, 5.41) is 8.37. The smallest absolute Gasteiger partial charge is 0.326 e. The number of carboxylic acids is 1. The van der Waals surface area contributed by atoms with Crippen molar-refractivity contribution in [1.82, 2.24) is 0 Å². The maximum Gasteiger partial charge on any atom is 0.326 e. The van der Waals surface area contributed by atoms with Crippen molar-refractivity contribution in [2.45, 2.75) is 4.58 Å². The molecule has 0 bridgehead atoms. The van der Waals surface area contributed by atoms with Gasteiger partial charge in [-0.2, -0.15) is 0 Å². The van der Waals surface area contributed by atoms with E-state index in [1.54, 1.807) is 0 Å². The minimum atomic E-state index is -0.683. The molecule has 1 fully saturated rings. The SMILES string of the molecule is O=C(O)C1SCCS1. The lowest BCUT2D eigenvalue weighted by Gasteiger charge is -1.96. The Labute approximate surface area is 56.0 Å². The Morgan fingerprint density at radius 3 is 2.25 bits per heavy atom. The van der Waals surface area contributed by atoms with E-state index in [0.717, 1.165) is 11.5 Å². The van der Waals surface area contributed by atoms with Crippen LogP contribution in [-0.4, -0.2) is 27.2 Å². The Hall–Kier alpha value is 0.170. The van der Waals surface area contributed by atoms with E-state index in [1.165, 1.54) is 23.5 Å². The molecule has 1 aliphatic rings. The third-order valence-corrected chi connectivity index (χ3v) is 3.79. The number of thioether (sulfide) groups is 2. The van der Waals surface area contributed by atoms with E-state index in [9.17, 15) is 4.79 Å². The van der Waals surface area contributed by atoms with Crippen LogP contribution in [0.3, 0.4) is 0 Å². The van der Waals surface area contributed by atoms with Crippen LogP contribution in [0.5, 0.6) is 0 Å². The van der Waals surface area contributed by atoms with Crippen LogP contribution in [-0.2, 0) is 4.79 Å². The summed E-state index contributed by atoms with van der Waals surface area (Å²) in [5.74, 6) is 1.29. The molecule has 0 aromatic rings. The summed E-state index contributed by atoms with van der Waals surface area (Å²) >= 11 is 3.03. The average Bonchev–Trinajstić information content (AvgIpc) is 2.12.